The molecule has 0 bridgehead atoms. The summed E-state index contributed by atoms with van der Waals surface area (Å²) in [6.07, 6.45) is 2.39. The molecule has 1 saturated heterocycles. The maximum absolute atomic E-state index is 5.64. The maximum Gasteiger partial charge on any atom is 0.319 e. The molecule has 106 valence electrons. The lowest BCUT2D eigenvalue weighted by atomic mass is 10.1. The molecule has 1 aromatic heterocycles. The van der Waals surface area contributed by atoms with Gasteiger partial charge in [-0.2, -0.15) is 4.98 Å². The zero-order valence-corrected chi connectivity index (χ0v) is 12.0. The summed E-state index contributed by atoms with van der Waals surface area (Å²) in [6, 6.07) is 2.25. The zero-order chi connectivity index (χ0) is 13.7. The number of nitrogens with zero attached hydrogens (tertiary/aromatic N) is 2. The molecule has 0 aromatic carbocycles. The normalized spacial score (nSPS) is 18.8. The van der Waals surface area contributed by atoms with Gasteiger partial charge in [-0.25, -0.2) is 4.98 Å². The van der Waals surface area contributed by atoms with E-state index < -0.39 is 0 Å². The molecule has 1 aliphatic heterocycles. The first kappa shape index (κ1) is 14.1. The van der Waals surface area contributed by atoms with Gasteiger partial charge in [-0.05, 0) is 52.6 Å². The van der Waals surface area contributed by atoms with E-state index in [1.54, 1.807) is 0 Å². The minimum atomic E-state index is 0.103. The van der Waals surface area contributed by atoms with Gasteiger partial charge in [-0.1, -0.05) is 0 Å². The van der Waals surface area contributed by atoms with E-state index >= 15 is 0 Å². The molecule has 1 unspecified atom stereocenters. The fourth-order valence-electron chi connectivity index (χ4n) is 2.16. The molecular weight excluding hydrogens is 242 g/mol. The molecule has 0 amide bonds. The second kappa shape index (κ2) is 6.70. The van der Waals surface area contributed by atoms with Crippen molar-refractivity contribution in [2.24, 2.45) is 5.92 Å². The van der Waals surface area contributed by atoms with Crippen molar-refractivity contribution in [1.82, 2.24) is 15.3 Å². The van der Waals surface area contributed by atoms with Crippen LogP contribution in [0.2, 0.25) is 0 Å². The predicted octanol–water partition coefficient (Wildman–Crippen LogP) is 1.95. The molecule has 5 nitrogen and oxygen atoms in total. The quantitative estimate of drug-likeness (QED) is 0.852. The van der Waals surface area contributed by atoms with E-state index in [2.05, 4.69) is 15.3 Å². The molecule has 2 rings (SSSR count). The lowest BCUT2D eigenvalue weighted by Crippen LogP contribution is -2.13. The Morgan fingerprint density at radius 2 is 2.26 bits per heavy atom. The summed E-state index contributed by atoms with van der Waals surface area (Å²) in [7, 11) is 0. The third-order valence-corrected chi connectivity index (χ3v) is 3.09. The summed E-state index contributed by atoms with van der Waals surface area (Å²) in [5.41, 5.74) is 0.864. The standard InChI is InChI=1S/C14H23N3O2/c1-10(2)19-13-8-11(3)16-14(17-13)18-7-5-12-4-6-15-9-12/h8,10,12,15H,4-7,9H2,1-3H3. The third kappa shape index (κ3) is 4.67. The van der Waals surface area contributed by atoms with Crippen molar-refractivity contribution in [3.63, 3.8) is 0 Å². The molecule has 1 aromatic rings. The number of rotatable bonds is 6. The Kier molecular flexibility index (Phi) is 4.96. The van der Waals surface area contributed by atoms with Crippen molar-refractivity contribution < 1.29 is 9.47 Å². The molecule has 1 atom stereocenters. The number of hydrogen-bond donors (Lipinski definition) is 1. The molecule has 0 spiro atoms. The van der Waals surface area contributed by atoms with E-state index in [1.807, 2.05) is 26.8 Å². The lowest BCUT2D eigenvalue weighted by molar-refractivity contribution is 0.219. The van der Waals surface area contributed by atoms with Crippen LogP contribution in [0.5, 0.6) is 11.9 Å². The van der Waals surface area contributed by atoms with Gasteiger partial charge in [0.15, 0.2) is 0 Å². The van der Waals surface area contributed by atoms with Gasteiger partial charge in [0, 0.05) is 11.8 Å². The summed E-state index contributed by atoms with van der Waals surface area (Å²) >= 11 is 0. The molecule has 0 saturated carbocycles. The van der Waals surface area contributed by atoms with Crippen LogP contribution in [0.25, 0.3) is 0 Å². The van der Waals surface area contributed by atoms with Crippen LogP contribution in [0.1, 0.15) is 32.4 Å². The van der Waals surface area contributed by atoms with Crippen molar-refractivity contribution in [2.75, 3.05) is 19.7 Å². The topological polar surface area (TPSA) is 56.3 Å². The predicted molar refractivity (Wildman–Crippen MR) is 73.6 cm³/mol. The average molecular weight is 265 g/mol. The molecule has 1 aliphatic rings. The third-order valence-electron chi connectivity index (χ3n) is 3.09. The Balaban J connectivity index is 1.86. The Bertz CT molecular complexity index is 404. The molecule has 0 aliphatic carbocycles. The highest BCUT2D eigenvalue weighted by Crippen LogP contribution is 2.16. The highest BCUT2D eigenvalue weighted by Gasteiger charge is 2.14. The highest BCUT2D eigenvalue weighted by molar-refractivity contribution is 5.17. The molecule has 5 heteroatoms. The van der Waals surface area contributed by atoms with Crippen LogP contribution in [0.3, 0.4) is 0 Å². The van der Waals surface area contributed by atoms with E-state index in [-0.39, 0.29) is 6.10 Å². The first-order chi connectivity index (χ1) is 9.13. The van der Waals surface area contributed by atoms with E-state index in [0.717, 1.165) is 31.1 Å². The van der Waals surface area contributed by atoms with Gasteiger partial charge in [0.1, 0.15) is 0 Å². The van der Waals surface area contributed by atoms with Gasteiger partial charge < -0.3 is 14.8 Å². The first-order valence-electron chi connectivity index (χ1n) is 6.99. The van der Waals surface area contributed by atoms with E-state index in [9.17, 15) is 0 Å². The molecule has 19 heavy (non-hydrogen) atoms. The highest BCUT2D eigenvalue weighted by atomic mass is 16.5. The van der Waals surface area contributed by atoms with Crippen LogP contribution in [0.15, 0.2) is 6.07 Å². The first-order valence-corrected chi connectivity index (χ1v) is 6.99. The molecule has 1 N–H and O–H groups in total. The summed E-state index contributed by atoms with van der Waals surface area (Å²) in [5, 5.41) is 3.35. The van der Waals surface area contributed by atoms with Crippen LogP contribution < -0.4 is 14.8 Å². The molecule has 1 fully saturated rings. The van der Waals surface area contributed by atoms with Crippen LogP contribution in [0.4, 0.5) is 0 Å². The zero-order valence-electron chi connectivity index (χ0n) is 12.0. The van der Waals surface area contributed by atoms with Gasteiger partial charge >= 0.3 is 6.01 Å². The van der Waals surface area contributed by atoms with Crippen LogP contribution >= 0.6 is 0 Å². The number of aromatic nitrogens is 2. The summed E-state index contributed by atoms with van der Waals surface area (Å²) in [4.78, 5) is 8.54. The number of aryl methyl sites for hydroxylation is 1. The lowest BCUT2D eigenvalue weighted by Gasteiger charge is -2.12. The fourth-order valence-corrected chi connectivity index (χ4v) is 2.16. The Labute approximate surface area is 114 Å². The van der Waals surface area contributed by atoms with Crippen molar-refractivity contribution in [3.8, 4) is 11.9 Å². The molecular formula is C14H23N3O2. The summed E-state index contributed by atoms with van der Waals surface area (Å²) in [5.74, 6) is 1.30. The van der Waals surface area contributed by atoms with E-state index in [1.165, 1.54) is 6.42 Å². The Morgan fingerprint density at radius 1 is 1.42 bits per heavy atom. The average Bonchev–Trinajstić information content (AvgIpc) is 2.80. The Morgan fingerprint density at radius 3 is 2.95 bits per heavy atom. The van der Waals surface area contributed by atoms with E-state index in [4.69, 9.17) is 9.47 Å². The van der Waals surface area contributed by atoms with Crippen molar-refractivity contribution >= 4 is 0 Å². The largest absolute Gasteiger partial charge is 0.475 e. The Hall–Kier alpha value is -1.36. The second-order valence-corrected chi connectivity index (χ2v) is 5.29. The van der Waals surface area contributed by atoms with Crippen molar-refractivity contribution in [3.05, 3.63) is 11.8 Å². The SMILES string of the molecule is Cc1cc(OC(C)C)nc(OCCC2CCNC2)n1. The minimum Gasteiger partial charge on any atom is -0.475 e. The van der Waals surface area contributed by atoms with Crippen LogP contribution in [0, 0.1) is 12.8 Å². The van der Waals surface area contributed by atoms with Crippen molar-refractivity contribution in [2.45, 2.75) is 39.7 Å². The van der Waals surface area contributed by atoms with Gasteiger partial charge in [0.2, 0.25) is 5.88 Å². The summed E-state index contributed by atoms with van der Waals surface area (Å²) < 4.78 is 11.2. The molecule has 0 radical (unpaired) electrons. The van der Waals surface area contributed by atoms with Crippen LogP contribution in [-0.4, -0.2) is 35.8 Å². The number of hydrogen-bond acceptors (Lipinski definition) is 5. The maximum atomic E-state index is 5.64. The summed E-state index contributed by atoms with van der Waals surface area (Å²) in [6.45, 7) is 8.76. The fraction of sp³-hybridized carbons (Fsp3) is 0.714. The smallest absolute Gasteiger partial charge is 0.319 e. The van der Waals surface area contributed by atoms with Crippen molar-refractivity contribution in [1.29, 1.82) is 0 Å². The monoisotopic (exact) mass is 265 g/mol. The van der Waals surface area contributed by atoms with E-state index in [0.29, 0.717) is 18.5 Å². The second-order valence-electron chi connectivity index (χ2n) is 5.29. The van der Waals surface area contributed by atoms with Gasteiger partial charge in [-0.15, -0.1) is 0 Å². The number of ether oxygens (including phenoxy) is 2. The number of nitrogens with one attached hydrogen (secondary N) is 1. The van der Waals surface area contributed by atoms with Crippen LogP contribution in [-0.2, 0) is 0 Å². The van der Waals surface area contributed by atoms with Gasteiger partial charge in [0.25, 0.3) is 0 Å². The van der Waals surface area contributed by atoms with Gasteiger partial charge in [0.05, 0.1) is 12.7 Å². The minimum absolute atomic E-state index is 0.103. The van der Waals surface area contributed by atoms with Gasteiger partial charge in [-0.3, -0.25) is 0 Å². The molecule has 2 heterocycles.